The average Bonchev–Trinajstić information content (AvgIpc) is 3.10. The van der Waals surface area contributed by atoms with Crippen LogP contribution in [0.2, 0.25) is 0 Å². The van der Waals surface area contributed by atoms with Crippen molar-refractivity contribution >= 4 is 29.2 Å². The molecule has 0 bridgehead atoms. The molecule has 3 rings (SSSR count). The van der Waals surface area contributed by atoms with Gasteiger partial charge in [-0.3, -0.25) is 14.9 Å². The summed E-state index contributed by atoms with van der Waals surface area (Å²) in [5.41, 5.74) is -0.964. The maximum Gasteiger partial charge on any atom is 0.322 e. The Kier molecular flexibility index (Phi) is 2.89. The maximum absolute atomic E-state index is 12.3. The molecule has 1 aromatic rings. The molecule has 8 heteroatoms. The van der Waals surface area contributed by atoms with E-state index in [1.54, 1.807) is 23.5 Å². The van der Waals surface area contributed by atoms with Crippen LogP contribution in [0.1, 0.15) is 16.1 Å². The molecular weight excluding hydrogens is 282 g/mol. The van der Waals surface area contributed by atoms with Gasteiger partial charge in [0.15, 0.2) is 0 Å². The number of amides is 4. The van der Waals surface area contributed by atoms with Crippen LogP contribution in [0, 0.1) is 0 Å². The Balaban J connectivity index is 1.75. The lowest BCUT2D eigenvalue weighted by atomic mass is 10.00. The summed E-state index contributed by atoms with van der Waals surface area (Å²) in [6, 6.07) is 1.17. The van der Waals surface area contributed by atoms with Crippen LogP contribution in [0.4, 0.5) is 4.79 Å². The Morgan fingerprint density at radius 3 is 2.90 bits per heavy atom. The molecule has 2 aliphatic rings. The zero-order valence-electron chi connectivity index (χ0n) is 10.8. The number of nitrogens with one attached hydrogen (secondary N) is 2. The van der Waals surface area contributed by atoms with Crippen LogP contribution in [-0.4, -0.2) is 48.5 Å². The Morgan fingerprint density at radius 1 is 1.50 bits per heavy atom. The molecule has 1 unspecified atom stereocenters. The molecule has 0 aromatic carbocycles. The second kappa shape index (κ2) is 4.48. The molecule has 106 valence electrons. The van der Waals surface area contributed by atoms with Crippen molar-refractivity contribution < 1.29 is 19.1 Å². The van der Waals surface area contributed by atoms with E-state index in [1.807, 2.05) is 0 Å². The van der Waals surface area contributed by atoms with Crippen molar-refractivity contribution in [2.45, 2.75) is 12.0 Å². The fourth-order valence-corrected chi connectivity index (χ4v) is 3.31. The van der Waals surface area contributed by atoms with E-state index in [4.69, 9.17) is 4.74 Å². The number of hydrogen-bond acceptors (Lipinski definition) is 5. The minimum absolute atomic E-state index is 0.149. The Bertz CT molecular complexity index is 599. The minimum atomic E-state index is -0.964. The summed E-state index contributed by atoms with van der Waals surface area (Å²) in [4.78, 5) is 37.5. The summed E-state index contributed by atoms with van der Waals surface area (Å²) in [5.74, 6) is 0.129. The highest BCUT2D eigenvalue weighted by molar-refractivity contribution is 7.12. The molecule has 2 N–H and O–H groups in total. The van der Waals surface area contributed by atoms with Crippen LogP contribution < -0.4 is 15.4 Å². The van der Waals surface area contributed by atoms with Gasteiger partial charge in [-0.2, -0.15) is 0 Å². The van der Waals surface area contributed by atoms with Crippen LogP contribution in [0.3, 0.4) is 0 Å². The molecule has 2 saturated heterocycles. The van der Waals surface area contributed by atoms with Gasteiger partial charge in [0.1, 0.15) is 11.3 Å². The highest BCUT2D eigenvalue weighted by Crippen LogP contribution is 2.28. The lowest BCUT2D eigenvalue weighted by molar-refractivity contribution is -0.123. The van der Waals surface area contributed by atoms with Crippen LogP contribution in [0.15, 0.2) is 11.4 Å². The fraction of sp³-hybridized carbons (Fsp3) is 0.417. The number of ether oxygens (including phenoxy) is 1. The molecule has 0 saturated carbocycles. The third kappa shape index (κ3) is 1.92. The second-order valence-electron chi connectivity index (χ2n) is 4.82. The number of rotatable bonds is 2. The van der Waals surface area contributed by atoms with Gasteiger partial charge in [-0.1, -0.05) is 0 Å². The first kappa shape index (κ1) is 12.9. The van der Waals surface area contributed by atoms with Gasteiger partial charge in [-0.25, -0.2) is 4.79 Å². The molecule has 20 heavy (non-hydrogen) atoms. The number of thiophene rings is 1. The zero-order valence-corrected chi connectivity index (χ0v) is 11.6. The maximum atomic E-state index is 12.3. The topological polar surface area (TPSA) is 87.7 Å². The number of urea groups is 1. The number of nitrogens with zero attached hydrogens (tertiary/aromatic N) is 1. The quantitative estimate of drug-likeness (QED) is 0.762. The predicted molar refractivity (Wildman–Crippen MR) is 70.8 cm³/mol. The largest absolute Gasteiger partial charge is 0.496 e. The van der Waals surface area contributed by atoms with Gasteiger partial charge >= 0.3 is 6.03 Å². The summed E-state index contributed by atoms with van der Waals surface area (Å²) in [5, 5.41) is 6.59. The first-order valence-corrected chi connectivity index (χ1v) is 6.97. The number of carbonyl (C=O) groups is 3. The van der Waals surface area contributed by atoms with Crippen molar-refractivity contribution in [3.63, 3.8) is 0 Å². The van der Waals surface area contributed by atoms with Gasteiger partial charge < -0.3 is 15.0 Å². The van der Waals surface area contributed by atoms with Gasteiger partial charge in [0, 0.05) is 18.0 Å². The first-order valence-electron chi connectivity index (χ1n) is 6.09. The predicted octanol–water partition coefficient (Wildman–Crippen LogP) is 0.181. The summed E-state index contributed by atoms with van der Waals surface area (Å²) in [6.45, 7) is 0.635. The zero-order chi connectivity index (χ0) is 14.3. The van der Waals surface area contributed by atoms with Gasteiger partial charge in [-0.15, -0.1) is 11.3 Å². The third-order valence-corrected chi connectivity index (χ3v) is 4.49. The normalized spacial score (nSPS) is 24.9. The number of hydrogen-bond donors (Lipinski definition) is 2. The van der Waals surface area contributed by atoms with Crippen LogP contribution in [0.5, 0.6) is 5.75 Å². The van der Waals surface area contributed by atoms with Gasteiger partial charge in [0.25, 0.3) is 11.8 Å². The third-order valence-electron chi connectivity index (χ3n) is 3.59. The van der Waals surface area contributed by atoms with Crippen molar-refractivity contribution in [1.29, 1.82) is 0 Å². The molecule has 7 nitrogen and oxygen atoms in total. The van der Waals surface area contributed by atoms with Crippen molar-refractivity contribution in [3.05, 3.63) is 16.3 Å². The van der Waals surface area contributed by atoms with E-state index in [2.05, 4.69) is 10.6 Å². The van der Waals surface area contributed by atoms with Gasteiger partial charge in [0.2, 0.25) is 0 Å². The molecule has 1 atom stereocenters. The summed E-state index contributed by atoms with van der Waals surface area (Å²) >= 11 is 1.30. The molecule has 3 heterocycles. The molecule has 2 aliphatic heterocycles. The van der Waals surface area contributed by atoms with Crippen molar-refractivity contribution in [3.8, 4) is 5.75 Å². The van der Waals surface area contributed by atoms with E-state index < -0.39 is 11.6 Å². The SMILES string of the molecule is COc1csc(C(=O)N2CCC3(C2)NC(=O)NC3=O)c1. The van der Waals surface area contributed by atoms with E-state index >= 15 is 0 Å². The lowest BCUT2D eigenvalue weighted by Crippen LogP contribution is -2.49. The minimum Gasteiger partial charge on any atom is -0.496 e. The monoisotopic (exact) mass is 295 g/mol. The highest BCUT2D eigenvalue weighted by Gasteiger charge is 2.51. The molecule has 0 aliphatic carbocycles. The Labute approximate surface area is 118 Å². The standard InChI is InChI=1S/C12H13N3O4S/c1-19-7-4-8(20-5-7)9(16)15-3-2-12(6-15)10(17)13-11(18)14-12/h4-5H,2-3,6H2,1H3,(H2,13,14,17,18). The highest BCUT2D eigenvalue weighted by atomic mass is 32.1. The summed E-state index contributed by atoms with van der Waals surface area (Å²) < 4.78 is 5.05. The van der Waals surface area contributed by atoms with E-state index in [0.29, 0.717) is 23.6 Å². The molecule has 0 radical (unpaired) electrons. The smallest absolute Gasteiger partial charge is 0.322 e. The molecule has 4 amide bonds. The van der Waals surface area contributed by atoms with Crippen molar-refractivity contribution in [2.75, 3.05) is 20.2 Å². The molecule has 1 aromatic heterocycles. The second-order valence-corrected chi connectivity index (χ2v) is 5.73. The van der Waals surface area contributed by atoms with E-state index in [9.17, 15) is 14.4 Å². The van der Waals surface area contributed by atoms with Crippen LogP contribution in [-0.2, 0) is 4.79 Å². The van der Waals surface area contributed by atoms with E-state index in [0.717, 1.165) is 0 Å². The van der Waals surface area contributed by atoms with E-state index in [-0.39, 0.29) is 18.4 Å². The van der Waals surface area contributed by atoms with Gasteiger partial charge in [-0.05, 0) is 6.42 Å². The average molecular weight is 295 g/mol. The number of carbonyl (C=O) groups excluding carboxylic acids is 3. The summed E-state index contributed by atoms with van der Waals surface area (Å²) in [6.07, 6.45) is 0.429. The fourth-order valence-electron chi connectivity index (χ4n) is 2.49. The van der Waals surface area contributed by atoms with Gasteiger partial charge in [0.05, 0.1) is 18.5 Å². The lowest BCUT2D eigenvalue weighted by Gasteiger charge is -2.20. The number of methoxy groups -OCH3 is 1. The first-order chi connectivity index (χ1) is 9.54. The van der Waals surface area contributed by atoms with Crippen molar-refractivity contribution in [1.82, 2.24) is 15.5 Å². The Hall–Kier alpha value is -2.09. The number of imide groups is 1. The van der Waals surface area contributed by atoms with Crippen molar-refractivity contribution in [2.24, 2.45) is 0 Å². The van der Waals surface area contributed by atoms with Crippen LogP contribution >= 0.6 is 11.3 Å². The molecule has 1 spiro atoms. The van der Waals surface area contributed by atoms with E-state index in [1.165, 1.54) is 11.3 Å². The summed E-state index contributed by atoms with van der Waals surface area (Å²) in [7, 11) is 1.54. The Morgan fingerprint density at radius 2 is 2.30 bits per heavy atom. The molecule has 2 fully saturated rings. The van der Waals surface area contributed by atoms with Crippen LogP contribution in [0.25, 0.3) is 0 Å². The number of likely N-dealkylation sites (tertiary alicyclic amines) is 1. The molecular formula is C12H13N3O4S.